The van der Waals surface area contributed by atoms with Gasteiger partial charge in [0, 0.05) is 18.8 Å². The molecule has 1 rings (SSSR count). The van der Waals surface area contributed by atoms with E-state index in [2.05, 4.69) is 0 Å². The molecule has 3 N–H and O–H groups in total. The van der Waals surface area contributed by atoms with E-state index in [9.17, 15) is 4.79 Å². The number of nitrogens with zero attached hydrogens (tertiary/aromatic N) is 1. The first-order chi connectivity index (χ1) is 6.27. The second-order valence-corrected chi connectivity index (χ2v) is 2.60. The number of rotatable bonds is 4. The van der Waals surface area contributed by atoms with E-state index < -0.39 is 0 Å². The molecular weight excluding hydrogens is 168 g/mol. The zero-order valence-corrected chi connectivity index (χ0v) is 7.18. The summed E-state index contributed by atoms with van der Waals surface area (Å²) in [5.41, 5.74) is 6.06. The third-order valence-electron chi connectivity index (χ3n) is 1.68. The number of benzene rings is 1. The van der Waals surface area contributed by atoms with Crippen LogP contribution in [0.25, 0.3) is 0 Å². The van der Waals surface area contributed by atoms with Crippen LogP contribution in [0.3, 0.4) is 0 Å². The Bertz CT molecular complexity index is 271. The summed E-state index contributed by atoms with van der Waals surface area (Å²) in [5, 5.41) is 9.01. The van der Waals surface area contributed by atoms with E-state index in [1.165, 1.54) is 17.0 Å². The quantitative estimate of drug-likeness (QED) is 0.655. The van der Waals surface area contributed by atoms with Gasteiger partial charge < -0.3 is 15.7 Å². The van der Waals surface area contributed by atoms with Gasteiger partial charge in [-0.1, -0.05) is 0 Å². The van der Waals surface area contributed by atoms with E-state index in [0.29, 0.717) is 13.1 Å². The molecule has 0 spiro atoms. The van der Waals surface area contributed by atoms with Gasteiger partial charge in [0.15, 0.2) is 0 Å². The Morgan fingerprint density at radius 2 is 2.00 bits per heavy atom. The van der Waals surface area contributed by atoms with Crippen molar-refractivity contribution in [1.82, 2.24) is 0 Å². The van der Waals surface area contributed by atoms with Gasteiger partial charge in [0.25, 0.3) is 0 Å². The van der Waals surface area contributed by atoms with Crippen LogP contribution in [0.2, 0.25) is 0 Å². The van der Waals surface area contributed by atoms with Crippen molar-refractivity contribution in [3.05, 3.63) is 24.3 Å². The van der Waals surface area contributed by atoms with Crippen LogP contribution in [0.15, 0.2) is 24.3 Å². The molecule has 0 atom stereocenters. The fourth-order valence-corrected chi connectivity index (χ4v) is 1.03. The first-order valence-corrected chi connectivity index (χ1v) is 3.99. The molecule has 0 saturated heterocycles. The van der Waals surface area contributed by atoms with Crippen LogP contribution in [0, 0.1) is 0 Å². The summed E-state index contributed by atoms with van der Waals surface area (Å²) in [5.74, 6) is 0.183. The number of phenolic OH excluding ortho intramolecular Hbond substituents is 1. The van der Waals surface area contributed by atoms with Crippen molar-refractivity contribution >= 4 is 12.1 Å². The Balaban J connectivity index is 2.79. The molecule has 1 amide bonds. The lowest BCUT2D eigenvalue weighted by atomic mass is 10.3. The summed E-state index contributed by atoms with van der Waals surface area (Å²) < 4.78 is 0. The van der Waals surface area contributed by atoms with Crippen LogP contribution >= 0.6 is 0 Å². The third kappa shape index (κ3) is 2.45. The van der Waals surface area contributed by atoms with Gasteiger partial charge >= 0.3 is 0 Å². The van der Waals surface area contributed by atoms with Crippen molar-refractivity contribution < 1.29 is 9.90 Å². The van der Waals surface area contributed by atoms with Crippen LogP contribution in [0.1, 0.15) is 0 Å². The first-order valence-electron chi connectivity index (χ1n) is 3.99. The van der Waals surface area contributed by atoms with Gasteiger partial charge in [-0.15, -0.1) is 0 Å². The lowest BCUT2D eigenvalue weighted by Crippen LogP contribution is -2.27. The van der Waals surface area contributed by atoms with Crippen LogP contribution < -0.4 is 10.6 Å². The van der Waals surface area contributed by atoms with E-state index in [1.54, 1.807) is 12.1 Å². The highest BCUT2D eigenvalue weighted by atomic mass is 16.3. The fourth-order valence-electron chi connectivity index (χ4n) is 1.03. The monoisotopic (exact) mass is 180 g/mol. The number of hydrogen-bond donors (Lipinski definition) is 2. The number of hydrogen-bond acceptors (Lipinski definition) is 3. The highest BCUT2D eigenvalue weighted by Gasteiger charge is 2.02. The molecule has 0 unspecified atom stereocenters. The molecule has 0 heterocycles. The maximum atomic E-state index is 10.6. The molecule has 4 nitrogen and oxygen atoms in total. The minimum atomic E-state index is 0.183. The second-order valence-electron chi connectivity index (χ2n) is 2.60. The summed E-state index contributed by atoms with van der Waals surface area (Å²) in [6, 6.07) is 6.39. The molecule has 13 heavy (non-hydrogen) atoms. The number of aromatic hydroxyl groups is 1. The number of anilines is 1. The highest BCUT2D eigenvalue weighted by molar-refractivity contribution is 5.75. The fraction of sp³-hybridized carbons (Fsp3) is 0.222. The Hall–Kier alpha value is -1.55. The molecule has 4 heteroatoms. The van der Waals surface area contributed by atoms with Gasteiger partial charge in [-0.25, -0.2) is 0 Å². The summed E-state index contributed by atoms with van der Waals surface area (Å²) in [4.78, 5) is 12.1. The maximum absolute atomic E-state index is 10.6. The highest BCUT2D eigenvalue weighted by Crippen LogP contribution is 2.16. The number of carbonyl (C=O) groups excluding carboxylic acids is 1. The first kappa shape index (κ1) is 9.54. The standard InChI is InChI=1S/C9H12N2O2/c10-5-6-11(7-12)8-1-3-9(13)4-2-8/h1-4,7,13H,5-6,10H2. The Morgan fingerprint density at radius 1 is 1.38 bits per heavy atom. The number of amides is 1. The molecule has 0 aliphatic carbocycles. The van der Waals surface area contributed by atoms with Crippen LogP contribution in [0.5, 0.6) is 5.75 Å². The summed E-state index contributed by atoms with van der Waals surface area (Å²) in [6.45, 7) is 0.897. The smallest absolute Gasteiger partial charge is 0.214 e. The zero-order chi connectivity index (χ0) is 9.68. The molecule has 70 valence electrons. The molecule has 0 fully saturated rings. The average molecular weight is 180 g/mol. The molecule has 0 bridgehead atoms. The van der Waals surface area contributed by atoms with Gasteiger partial charge in [-0.3, -0.25) is 4.79 Å². The van der Waals surface area contributed by atoms with Gasteiger partial charge in [0.1, 0.15) is 5.75 Å². The van der Waals surface area contributed by atoms with Gasteiger partial charge in [-0.05, 0) is 24.3 Å². The predicted octanol–water partition coefficient (Wildman–Crippen LogP) is 0.314. The number of nitrogens with two attached hydrogens (primary N) is 1. The SMILES string of the molecule is NCCN(C=O)c1ccc(O)cc1. The molecule has 0 aliphatic rings. The Labute approximate surface area is 76.6 Å². The molecule has 0 aliphatic heterocycles. The normalized spacial score (nSPS) is 9.62. The second kappa shape index (κ2) is 4.47. The Morgan fingerprint density at radius 3 is 2.46 bits per heavy atom. The van der Waals surface area contributed by atoms with E-state index in [1.807, 2.05) is 0 Å². The van der Waals surface area contributed by atoms with Crippen molar-refractivity contribution in [3.63, 3.8) is 0 Å². The lowest BCUT2D eigenvalue weighted by Gasteiger charge is -2.15. The van der Waals surface area contributed by atoms with Crippen molar-refractivity contribution in [2.45, 2.75) is 0 Å². The van der Waals surface area contributed by atoms with Crippen LogP contribution in [-0.2, 0) is 4.79 Å². The van der Waals surface area contributed by atoms with Gasteiger partial charge in [0.05, 0.1) is 0 Å². The number of carbonyl (C=O) groups is 1. The molecule has 0 saturated carbocycles. The van der Waals surface area contributed by atoms with Crippen LogP contribution in [-0.4, -0.2) is 24.6 Å². The lowest BCUT2D eigenvalue weighted by molar-refractivity contribution is -0.107. The van der Waals surface area contributed by atoms with Gasteiger partial charge in [0.2, 0.25) is 6.41 Å². The van der Waals surface area contributed by atoms with E-state index in [4.69, 9.17) is 10.8 Å². The Kier molecular flexibility index (Phi) is 3.28. The van der Waals surface area contributed by atoms with E-state index >= 15 is 0 Å². The minimum Gasteiger partial charge on any atom is -0.508 e. The molecular formula is C9H12N2O2. The van der Waals surface area contributed by atoms with E-state index in [0.717, 1.165) is 12.1 Å². The van der Waals surface area contributed by atoms with Crippen LogP contribution in [0.4, 0.5) is 5.69 Å². The topological polar surface area (TPSA) is 66.6 Å². The predicted molar refractivity (Wildman–Crippen MR) is 50.6 cm³/mol. The largest absolute Gasteiger partial charge is 0.508 e. The summed E-state index contributed by atoms with van der Waals surface area (Å²) in [7, 11) is 0. The minimum absolute atomic E-state index is 0.183. The molecule has 1 aromatic rings. The van der Waals surface area contributed by atoms with Crippen molar-refractivity contribution in [1.29, 1.82) is 0 Å². The molecule has 0 aromatic heterocycles. The zero-order valence-electron chi connectivity index (χ0n) is 7.18. The molecule has 1 aromatic carbocycles. The number of phenols is 1. The average Bonchev–Trinajstić information content (AvgIpc) is 2.16. The summed E-state index contributed by atoms with van der Waals surface area (Å²) >= 11 is 0. The molecule has 0 radical (unpaired) electrons. The van der Waals surface area contributed by atoms with Crippen molar-refractivity contribution in [2.24, 2.45) is 5.73 Å². The summed E-state index contributed by atoms with van der Waals surface area (Å²) in [6.07, 6.45) is 0.721. The van der Waals surface area contributed by atoms with E-state index in [-0.39, 0.29) is 5.75 Å². The third-order valence-corrected chi connectivity index (χ3v) is 1.68. The van der Waals surface area contributed by atoms with Gasteiger partial charge in [-0.2, -0.15) is 0 Å². The van der Waals surface area contributed by atoms with Crippen molar-refractivity contribution in [3.8, 4) is 5.75 Å². The maximum Gasteiger partial charge on any atom is 0.214 e. The van der Waals surface area contributed by atoms with Crippen molar-refractivity contribution in [2.75, 3.05) is 18.0 Å².